The molecule has 2 rings (SSSR count). The number of hydrogen-bond donors (Lipinski definition) is 2. The molecule has 0 bridgehead atoms. The molecule has 0 aliphatic carbocycles. The lowest BCUT2D eigenvalue weighted by molar-refractivity contribution is 0.0991. The van der Waals surface area contributed by atoms with Gasteiger partial charge in [0.05, 0.1) is 5.69 Å². The molecule has 0 fully saturated rings. The molecule has 0 spiro atoms. The van der Waals surface area contributed by atoms with Crippen LogP contribution in [0.1, 0.15) is 36.0 Å². The lowest BCUT2D eigenvalue weighted by atomic mass is 10.3. The lowest BCUT2D eigenvalue weighted by Gasteiger charge is -2.00. The fourth-order valence-corrected chi connectivity index (χ4v) is 1.54. The fraction of sp³-hybridized carbons (Fsp3) is 0.400. The van der Waals surface area contributed by atoms with Gasteiger partial charge in [-0.2, -0.15) is 0 Å². The molecule has 0 saturated heterocycles. The van der Waals surface area contributed by atoms with Crippen molar-refractivity contribution in [3.05, 3.63) is 17.3 Å². The van der Waals surface area contributed by atoms with Gasteiger partial charge in [-0.25, -0.2) is 15.0 Å². The van der Waals surface area contributed by atoms with Crippen LogP contribution in [-0.4, -0.2) is 25.8 Å². The number of aryl methyl sites for hydroxylation is 2. The van der Waals surface area contributed by atoms with Crippen LogP contribution in [0.5, 0.6) is 0 Å². The van der Waals surface area contributed by atoms with E-state index in [2.05, 4.69) is 19.9 Å². The average molecular weight is 219 g/mol. The summed E-state index contributed by atoms with van der Waals surface area (Å²) in [5, 5.41) is 0. The Bertz CT molecular complexity index is 545. The summed E-state index contributed by atoms with van der Waals surface area (Å²) in [6, 6.07) is 0. The number of nitrogens with two attached hydrogens (primary N) is 1. The standard InChI is InChI=1S/C10H13N5O/c1-3-5-7-9(13-6(4-2)12-5)15-10(14-7)8(11)16/h3-4H2,1-2H3,(H2,11,16)(H,12,13,14,15). The van der Waals surface area contributed by atoms with Gasteiger partial charge in [0.15, 0.2) is 11.5 Å². The quantitative estimate of drug-likeness (QED) is 0.788. The molecule has 0 atom stereocenters. The van der Waals surface area contributed by atoms with E-state index in [1.807, 2.05) is 13.8 Å². The van der Waals surface area contributed by atoms with Gasteiger partial charge >= 0.3 is 0 Å². The van der Waals surface area contributed by atoms with Crippen LogP contribution in [0.15, 0.2) is 0 Å². The summed E-state index contributed by atoms with van der Waals surface area (Å²) < 4.78 is 0. The van der Waals surface area contributed by atoms with Crippen molar-refractivity contribution in [3.63, 3.8) is 0 Å². The molecule has 0 radical (unpaired) electrons. The predicted octanol–water partition coefficient (Wildman–Crippen LogP) is 0.577. The number of fused-ring (bicyclic) bond motifs is 1. The molecule has 2 heterocycles. The fourth-order valence-electron chi connectivity index (χ4n) is 1.54. The molecule has 0 aliphatic rings. The molecule has 6 nitrogen and oxygen atoms in total. The molecule has 2 aromatic heterocycles. The van der Waals surface area contributed by atoms with E-state index < -0.39 is 5.91 Å². The predicted molar refractivity (Wildman–Crippen MR) is 59.0 cm³/mol. The normalized spacial score (nSPS) is 10.9. The Balaban J connectivity index is 2.69. The van der Waals surface area contributed by atoms with Gasteiger partial charge in [0.25, 0.3) is 5.91 Å². The smallest absolute Gasteiger partial charge is 0.284 e. The zero-order chi connectivity index (χ0) is 11.7. The third-order valence-corrected chi connectivity index (χ3v) is 2.36. The number of amides is 1. The number of nitrogens with zero attached hydrogens (tertiary/aromatic N) is 3. The third kappa shape index (κ3) is 1.62. The Morgan fingerprint density at radius 1 is 1.25 bits per heavy atom. The lowest BCUT2D eigenvalue weighted by Crippen LogP contribution is -2.12. The number of rotatable bonds is 3. The summed E-state index contributed by atoms with van der Waals surface area (Å²) in [6.45, 7) is 3.97. The molecule has 0 aliphatic heterocycles. The second-order valence-electron chi connectivity index (χ2n) is 3.44. The van der Waals surface area contributed by atoms with E-state index in [1.165, 1.54) is 0 Å². The Hall–Kier alpha value is -1.98. The number of aromatic nitrogens is 4. The van der Waals surface area contributed by atoms with Crippen LogP contribution in [0.4, 0.5) is 0 Å². The first-order chi connectivity index (χ1) is 7.65. The number of hydrogen-bond acceptors (Lipinski definition) is 4. The van der Waals surface area contributed by atoms with Crippen molar-refractivity contribution in [2.75, 3.05) is 0 Å². The van der Waals surface area contributed by atoms with Crippen molar-refractivity contribution in [1.29, 1.82) is 0 Å². The van der Waals surface area contributed by atoms with Crippen LogP contribution in [0.2, 0.25) is 0 Å². The van der Waals surface area contributed by atoms with Crippen molar-refractivity contribution in [2.45, 2.75) is 26.7 Å². The summed E-state index contributed by atoms with van der Waals surface area (Å²) >= 11 is 0. The Morgan fingerprint density at radius 2 is 2.00 bits per heavy atom. The number of imidazole rings is 1. The highest BCUT2D eigenvalue weighted by Gasteiger charge is 2.13. The third-order valence-electron chi connectivity index (χ3n) is 2.36. The first-order valence-electron chi connectivity index (χ1n) is 5.21. The van der Waals surface area contributed by atoms with Gasteiger partial charge in [-0.15, -0.1) is 0 Å². The van der Waals surface area contributed by atoms with Gasteiger partial charge in [0.2, 0.25) is 0 Å². The van der Waals surface area contributed by atoms with Gasteiger partial charge in [0.1, 0.15) is 11.3 Å². The highest BCUT2D eigenvalue weighted by Crippen LogP contribution is 2.14. The Morgan fingerprint density at radius 3 is 2.56 bits per heavy atom. The van der Waals surface area contributed by atoms with Crippen LogP contribution < -0.4 is 5.73 Å². The first-order valence-corrected chi connectivity index (χ1v) is 5.21. The number of nitrogens with one attached hydrogen (secondary N) is 1. The van der Waals surface area contributed by atoms with Crippen LogP contribution in [0, 0.1) is 0 Å². The number of primary amides is 1. The highest BCUT2D eigenvalue weighted by molar-refractivity contribution is 5.92. The molecule has 0 unspecified atom stereocenters. The molecule has 3 N–H and O–H groups in total. The molecule has 0 saturated carbocycles. The molecular formula is C10H13N5O. The number of carbonyl (C=O) groups is 1. The first kappa shape index (κ1) is 10.5. The van der Waals surface area contributed by atoms with Crippen LogP contribution in [0.3, 0.4) is 0 Å². The van der Waals surface area contributed by atoms with E-state index in [-0.39, 0.29) is 5.82 Å². The summed E-state index contributed by atoms with van der Waals surface area (Å²) in [7, 11) is 0. The number of carbonyl (C=O) groups excluding carboxylic acids is 1. The minimum absolute atomic E-state index is 0.132. The van der Waals surface area contributed by atoms with E-state index in [1.54, 1.807) is 0 Å². The van der Waals surface area contributed by atoms with Gasteiger partial charge in [-0.05, 0) is 6.42 Å². The zero-order valence-corrected chi connectivity index (χ0v) is 9.24. The van der Waals surface area contributed by atoms with E-state index in [4.69, 9.17) is 5.73 Å². The van der Waals surface area contributed by atoms with Crippen molar-refractivity contribution in [1.82, 2.24) is 19.9 Å². The minimum Gasteiger partial charge on any atom is -0.363 e. The largest absolute Gasteiger partial charge is 0.363 e. The number of aromatic amines is 1. The zero-order valence-electron chi connectivity index (χ0n) is 9.24. The molecule has 16 heavy (non-hydrogen) atoms. The van der Waals surface area contributed by atoms with Crippen LogP contribution >= 0.6 is 0 Å². The maximum Gasteiger partial charge on any atom is 0.284 e. The molecular weight excluding hydrogens is 206 g/mol. The Kier molecular flexibility index (Phi) is 2.55. The average Bonchev–Trinajstić information content (AvgIpc) is 2.71. The Labute approximate surface area is 92.3 Å². The molecule has 6 heteroatoms. The van der Waals surface area contributed by atoms with Crippen LogP contribution in [0.25, 0.3) is 11.2 Å². The van der Waals surface area contributed by atoms with Crippen molar-refractivity contribution in [3.8, 4) is 0 Å². The maximum atomic E-state index is 11.0. The SMILES string of the molecule is CCc1nc(CC)c2[nH]c(C(N)=O)nc2n1. The monoisotopic (exact) mass is 219 g/mol. The second-order valence-corrected chi connectivity index (χ2v) is 3.44. The van der Waals surface area contributed by atoms with Gasteiger partial charge in [-0.1, -0.05) is 13.8 Å². The van der Waals surface area contributed by atoms with Crippen molar-refractivity contribution in [2.24, 2.45) is 5.73 Å². The van der Waals surface area contributed by atoms with Crippen LogP contribution in [-0.2, 0) is 12.8 Å². The summed E-state index contributed by atoms with van der Waals surface area (Å²) in [4.78, 5) is 26.5. The second kappa shape index (κ2) is 3.88. The summed E-state index contributed by atoms with van der Waals surface area (Å²) in [6.07, 6.45) is 1.49. The molecule has 84 valence electrons. The van der Waals surface area contributed by atoms with E-state index in [0.717, 1.165) is 24.4 Å². The molecule has 2 aromatic rings. The highest BCUT2D eigenvalue weighted by atomic mass is 16.1. The van der Waals surface area contributed by atoms with Crippen molar-refractivity contribution >= 4 is 17.1 Å². The maximum absolute atomic E-state index is 11.0. The van der Waals surface area contributed by atoms with Gasteiger partial charge in [-0.3, -0.25) is 4.79 Å². The summed E-state index contributed by atoms with van der Waals surface area (Å²) in [5.74, 6) is 0.275. The van der Waals surface area contributed by atoms with Crippen molar-refractivity contribution < 1.29 is 4.79 Å². The topological polar surface area (TPSA) is 97.6 Å². The number of H-pyrrole nitrogens is 1. The van der Waals surface area contributed by atoms with Gasteiger partial charge in [0, 0.05) is 6.42 Å². The minimum atomic E-state index is -0.585. The van der Waals surface area contributed by atoms with E-state index in [0.29, 0.717) is 11.2 Å². The molecule has 0 aromatic carbocycles. The van der Waals surface area contributed by atoms with E-state index >= 15 is 0 Å². The van der Waals surface area contributed by atoms with E-state index in [9.17, 15) is 4.79 Å². The van der Waals surface area contributed by atoms with Gasteiger partial charge < -0.3 is 10.7 Å². The molecule has 1 amide bonds. The summed E-state index contributed by atoms with van der Waals surface area (Å²) in [5.41, 5.74) is 7.24.